The van der Waals surface area contributed by atoms with Crippen LogP contribution in [0.25, 0.3) is 10.9 Å². The van der Waals surface area contributed by atoms with Gasteiger partial charge in [-0.2, -0.15) is 5.26 Å². The van der Waals surface area contributed by atoms with Crippen LogP contribution in [0.4, 0.5) is 11.4 Å². The van der Waals surface area contributed by atoms with Crippen molar-refractivity contribution in [3.63, 3.8) is 0 Å². The molecule has 1 aliphatic rings. The van der Waals surface area contributed by atoms with Gasteiger partial charge in [-0.3, -0.25) is 4.98 Å². The summed E-state index contributed by atoms with van der Waals surface area (Å²) in [5.74, 6) is 0. The molecule has 1 fully saturated rings. The molecule has 184 valence electrons. The van der Waals surface area contributed by atoms with Crippen molar-refractivity contribution < 1.29 is 1.37 Å². The molecule has 1 saturated carbocycles. The lowest BCUT2D eigenvalue weighted by molar-refractivity contribution is 0.443. The van der Waals surface area contributed by atoms with Crippen molar-refractivity contribution in [2.75, 3.05) is 17.2 Å². The third-order valence-corrected chi connectivity index (χ3v) is 7.09. The molecule has 0 bridgehead atoms. The maximum Gasteiger partial charge on any atom is 0.110 e. The number of anilines is 2. The Morgan fingerprint density at radius 1 is 1.31 bits per heavy atom. The normalized spacial score (nSPS) is 15.7. The molecule has 0 saturated heterocycles. The highest BCUT2D eigenvalue weighted by molar-refractivity contribution is 14.1. The first-order valence-electron chi connectivity index (χ1n) is 12.3. The van der Waals surface area contributed by atoms with Gasteiger partial charge in [0.15, 0.2) is 0 Å². The first-order valence-corrected chi connectivity index (χ1v) is 13.3. The molecule has 7 nitrogen and oxygen atoms in total. The highest BCUT2D eigenvalue weighted by atomic mass is 127. The third kappa shape index (κ3) is 5.27. The molecule has 2 aromatic heterocycles. The topological polar surface area (TPSA) is 91.5 Å². The van der Waals surface area contributed by atoms with Gasteiger partial charge in [-0.15, -0.1) is 5.10 Å². The molecule has 0 unspecified atom stereocenters. The van der Waals surface area contributed by atoms with Crippen LogP contribution in [0.5, 0.6) is 0 Å². The molecule has 0 spiro atoms. The van der Waals surface area contributed by atoms with Crippen LogP contribution in [-0.2, 0) is 0 Å². The SMILES string of the molecule is [2H][C@@](Nc1cc(I)c2ncc(C#N)c(NCC(C)(C)C)c2c1)(c1cn(C2CC2)nn1)c1ccccc1Cl. The van der Waals surface area contributed by atoms with Gasteiger partial charge in [-0.05, 0) is 64.6 Å². The van der Waals surface area contributed by atoms with Crippen molar-refractivity contribution in [1.29, 1.82) is 5.26 Å². The van der Waals surface area contributed by atoms with Crippen LogP contribution < -0.4 is 10.6 Å². The predicted molar refractivity (Wildman–Crippen MR) is 152 cm³/mol. The standard InChI is InChI=1S/C27H27ClIN7/c1-27(2,3)15-32-24-16(12-30)13-31-25-20(24)10-17(11-22(25)29)33-26(19-6-4-5-7-21(19)28)23-14-36(35-34-23)18-8-9-18/h4-7,10-11,13-14,18,26,33H,8-9,15H2,1-3H3,(H,31,32)/t26-/m0/s1/i26D. The van der Waals surface area contributed by atoms with Crippen molar-refractivity contribution in [3.05, 3.63) is 74.2 Å². The Labute approximate surface area is 230 Å². The highest BCUT2D eigenvalue weighted by Crippen LogP contribution is 2.38. The van der Waals surface area contributed by atoms with Gasteiger partial charge in [0.1, 0.15) is 11.8 Å². The first-order chi connectivity index (χ1) is 17.6. The number of nitrogens with zero attached hydrogens (tertiary/aromatic N) is 5. The van der Waals surface area contributed by atoms with Crippen molar-refractivity contribution in [1.82, 2.24) is 20.0 Å². The Balaban J connectivity index is 1.64. The minimum Gasteiger partial charge on any atom is -0.383 e. The Morgan fingerprint density at radius 2 is 2.08 bits per heavy atom. The molecule has 9 heteroatoms. The summed E-state index contributed by atoms with van der Waals surface area (Å²) in [6.45, 7) is 7.10. The van der Waals surface area contributed by atoms with Gasteiger partial charge in [0.2, 0.25) is 0 Å². The Bertz CT molecular complexity index is 1520. The number of rotatable bonds is 7. The second-order valence-electron chi connectivity index (χ2n) is 10.2. The fourth-order valence-corrected chi connectivity index (χ4v) is 4.94. The van der Waals surface area contributed by atoms with E-state index >= 15 is 0 Å². The number of benzene rings is 2. The van der Waals surface area contributed by atoms with E-state index in [0.717, 1.165) is 33.0 Å². The van der Waals surface area contributed by atoms with Crippen LogP contribution in [0.1, 0.15) is 63.9 Å². The van der Waals surface area contributed by atoms with E-state index in [1.165, 1.54) is 0 Å². The minimum absolute atomic E-state index is 0.0130. The smallest absolute Gasteiger partial charge is 0.110 e. The molecule has 0 amide bonds. The molecule has 36 heavy (non-hydrogen) atoms. The molecule has 0 radical (unpaired) electrons. The lowest BCUT2D eigenvalue weighted by Crippen LogP contribution is -2.20. The quantitative estimate of drug-likeness (QED) is 0.220. The second kappa shape index (κ2) is 9.87. The Morgan fingerprint density at radius 3 is 2.78 bits per heavy atom. The van der Waals surface area contributed by atoms with Crippen LogP contribution in [0.3, 0.4) is 0 Å². The molecule has 1 aliphatic carbocycles. The molecule has 2 aromatic carbocycles. The zero-order chi connectivity index (χ0) is 26.4. The molecule has 4 aromatic rings. The van der Waals surface area contributed by atoms with Gasteiger partial charge in [0, 0.05) is 32.4 Å². The van der Waals surface area contributed by atoms with E-state index in [1.807, 2.05) is 41.2 Å². The summed E-state index contributed by atoms with van der Waals surface area (Å²) in [5.41, 5.74) is 3.72. The zero-order valence-corrected chi connectivity index (χ0v) is 23.2. The van der Waals surface area contributed by atoms with E-state index in [1.54, 1.807) is 12.3 Å². The summed E-state index contributed by atoms with van der Waals surface area (Å²) < 4.78 is 12.4. The fraction of sp³-hybridized carbons (Fsp3) is 0.333. The van der Waals surface area contributed by atoms with Crippen LogP contribution >= 0.6 is 34.2 Å². The van der Waals surface area contributed by atoms with Crippen molar-refractivity contribution in [2.45, 2.75) is 45.7 Å². The summed E-state index contributed by atoms with van der Waals surface area (Å²) in [6.07, 6.45) is 5.57. The van der Waals surface area contributed by atoms with E-state index in [2.05, 4.69) is 75.4 Å². The van der Waals surface area contributed by atoms with E-state index < -0.39 is 6.02 Å². The van der Waals surface area contributed by atoms with E-state index in [9.17, 15) is 6.63 Å². The largest absolute Gasteiger partial charge is 0.383 e. The molecule has 2 heterocycles. The van der Waals surface area contributed by atoms with Gasteiger partial charge in [0.25, 0.3) is 0 Å². The fourth-order valence-electron chi connectivity index (χ4n) is 3.95. The van der Waals surface area contributed by atoms with Crippen molar-refractivity contribution in [2.24, 2.45) is 5.41 Å². The number of nitrogens with one attached hydrogen (secondary N) is 2. The number of hydrogen-bond acceptors (Lipinski definition) is 6. The molecule has 1 atom stereocenters. The average Bonchev–Trinajstić information content (AvgIpc) is 3.57. The summed E-state index contributed by atoms with van der Waals surface area (Å²) in [7, 11) is 0. The summed E-state index contributed by atoms with van der Waals surface area (Å²) in [4.78, 5) is 4.56. The number of hydrogen-bond donors (Lipinski definition) is 2. The van der Waals surface area contributed by atoms with Gasteiger partial charge in [-0.25, -0.2) is 4.68 Å². The van der Waals surface area contributed by atoms with Gasteiger partial charge >= 0.3 is 0 Å². The minimum atomic E-state index is -1.50. The molecule has 2 N–H and O–H groups in total. The van der Waals surface area contributed by atoms with Gasteiger partial charge in [0.05, 0.1) is 36.4 Å². The highest BCUT2D eigenvalue weighted by Gasteiger charge is 2.28. The molecule has 0 aliphatic heterocycles. The average molecular weight is 613 g/mol. The van der Waals surface area contributed by atoms with E-state index in [4.69, 9.17) is 11.6 Å². The lowest BCUT2D eigenvalue weighted by Gasteiger charge is -2.22. The zero-order valence-electron chi connectivity index (χ0n) is 21.3. The van der Waals surface area contributed by atoms with Gasteiger partial charge < -0.3 is 10.6 Å². The van der Waals surface area contributed by atoms with E-state index in [0.29, 0.717) is 40.1 Å². The van der Waals surface area contributed by atoms with Crippen LogP contribution in [0.15, 0.2) is 48.8 Å². The number of halogens is 2. The number of nitriles is 1. The number of fused-ring (bicyclic) bond motifs is 1. The lowest BCUT2D eigenvalue weighted by atomic mass is 9.96. The van der Waals surface area contributed by atoms with Crippen LogP contribution in [0, 0.1) is 20.3 Å². The van der Waals surface area contributed by atoms with E-state index in [-0.39, 0.29) is 5.41 Å². The second-order valence-corrected chi connectivity index (χ2v) is 11.8. The monoisotopic (exact) mass is 612 g/mol. The van der Waals surface area contributed by atoms with Crippen LogP contribution in [-0.4, -0.2) is 26.5 Å². The molecular weight excluding hydrogens is 585 g/mol. The van der Waals surface area contributed by atoms with Crippen molar-refractivity contribution >= 4 is 56.5 Å². The summed E-state index contributed by atoms with van der Waals surface area (Å²) in [6, 6.07) is 12.3. The third-order valence-electron chi connectivity index (χ3n) is 5.94. The van der Waals surface area contributed by atoms with Crippen molar-refractivity contribution in [3.8, 4) is 6.07 Å². The molecule has 5 rings (SSSR count). The number of aromatic nitrogens is 4. The maximum atomic E-state index is 9.80. The van der Waals surface area contributed by atoms with Crippen LogP contribution in [0.2, 0.25) is 5.02 Å². The Hall–Kier alpha value is -2.90. The predicted octanol–water partition coefficient (Wildman–Crippen LogP) is 6.95. The first kappa shape index (κ1) is 23.5. The maximum absolute atomic E-state index is 9.80. The van der Waals surface area contributed by atoms with Gasteiger partial charge in [-0.1, -0.05) is 55.8 Å². The summed E-state index contributed by atoms with van der Waals surface area (Å²) >= 11 is 8.85. The molecular formula is C27H27ClIN7. The number of pyridine rings is 1. The Kier molecular flexibility index (Phi) is 6.44. The summed E-state index contributed by atoms with van der Waals surface area (Å²) in [5, 5.41) is 26.6.